The lowest BCUT2D eigenvalue weighted by molar-refractivity contribution is 0.105. The third kappa shape index (κ3) is 2.07. The zero-order valence-corrected chi connectivity index (χ0v) is 12.4. The van der Waals surface area contributed by atoms with Crippen molar-refractivity contribution >= 4 is 22.0 Å². The number of pyridine rings is 1. The van der Waals surface area contributed by atoms with E-state index in [-0.39, 0.29) is 6.04 Å². The Kier molecular flexibility index (Phi) is 3.21. The van der Waals surface area contributed by atoms with E-state index in [0.29, 0.717) is 13.1 Å². The van der Waals surface area contributed by atoms with Crippen molar-refractivity contribution in [3.63, 3.8) is 0 Å². The Hall–Kier alpha value is -1.89. The van der Waals surface area contributed by atoms with E-state index in [1.165, 1.54) is 4.90 Å². The standard InChI is InChI=1S/C13H13BrN4O2/c1-8-6-18-10(7-17(8)13(19)20)11(12(14)16-18)9-2-4-15-5-3-9/h2-5,8H,6-7H2,1H3,(H,19,20)/t8-/m1/s1. The van der Waals surface area contributed by atoms with Gasteiger partial charge in [0.2, 0.25) is 0 Å². The van der Waals surface area contributed by atoms with E-state index in [2.05, 4.69) is 26.0 Å². The molecule has 0 spiro atoms. The second-order valence-electron chi connectivity index (χ2n) is 4.79. The fraction of sp³-hybridized carbons (Fsp3) is 0.308. The molecule has 1 aliphatic rings. The van der Waals surface area contributed by atoms with Crippen LogP contribution in [-0.2, 0) is 13.1 Å². The van der Waals surface area contributed by atoms with Crippen LogP contribution in [0.3, 0.4) is 0 Å². The first-order valence-electron chi connectivity index (χ1n) is 6.23. The number of hydrogen-bond donors (Lipinski definition) is 1. The van der Waals surface area contributed by atoms with Crippen LogP contribution in [-0.4, -0.2) is 36.9 Å². The first kappa shape index (κ1) is 13.1. The number of fused-ring (bicyclic) bond motifs is 1. The fourth-order valence-electron chi connectivity index (χ4n) is 2.50. The average Bonchev–Trinajstić information content (AvgIpc) is 2.73. The maximum atomic E-state index is 11.3. The molecule has 0 saturated carbocycles. The Morgan fingerprint density at radius 3 is 2.80 bits per heavy atom. The van der Waals surface area contributed by atoms with Crippen molar-refractivity contribution in [1.29, 1.82) is 0 Å². The molecule has 0 fully saturated rings. The van der Waals surface area contributed by atoms with E-state index in [9.17, 15) is 9.90 Å². The van der Waals surface area contributed by atoms with Crippen LogP contribution in [0.2, 0.25) is 0 Å². The Labute approximate surface area is 124 Å². The van der Waals surface area contributed by atoms with E-state index < -0.39 is 6.09 Å². The normalized spacial score (nSPS) is 17.9. The minimum absolute atomic E-state index is 0.0860. The van der Waals surface area contributed by atoms with Gasteiger partial charge in [0, 0.05) is 18.0 Å². The molecular weight excluding hydrogens is 324 g/mol. The number of amides is 1. The molecule has 0 radical (unpaired) electrons. The van der Waals surface area contributed by atoms with Gasteiger partial charge in [0.05, 0.1) is 24.8 Å². The minimum atomic E-state index is -0.901. The molecule has 3 heterocycles. The number of carboxylic acid groups (broad SMARTS) is 1. The van der Waals surface area contributed by atoms with Crippen molar-refractivity contribution in [2.75, 3.05) is 0 Å². The monoisotopic (exact) mass is 336 g/mol. The van der Waals surface area contributed by atoms with Crippen molar-refractivity contribution in [2.24, 2.45) is 0 Å². The molecule has 2 aromatic rings. The van der Waals surface area contributed by atoms with Gasteiger partial charge in [-0.2, -0.15) is 5.10 Å². The van der Waals surface area contributed by atoms with Crippen LogP contribution in [0.4, 0.5) is 4.79 Å². The molecule has 20 heavy (non-hydrogen) atoms. The summed E-state index contributed by atoms with van der Waals surface area (Å²) in [6.07, 6.45) is 2.53. The van der Waals surface area contributed by atoms with Gasteiger partial charge >= 0.3 is 6.09 Å². The summed E-state index contributed by atoms with van der Waals surface area (Å²) in [5.74, 6) is 0. The summed E-state index contributed by atoms with van der Waals surface area (Å²) >= 11 is 3.47. The molecule has 1 amide bonds. The Balaban J connectivity index is 2.10. The summed E-state index contributed by atoms with van der Waals surface area (Å²) in [7, 11) is 0. The summed E-state index contributed by atoms with van der Waals surface area (Å²) in [5.41, 5.74) is 2.82. The van der Waals surface area contributed by atoms with Crippen molar-refractivity contribution in [2.45, 2.75) is 26.1 Å². The predicted molar refractivity (Wildman–Crippen MR) is 76.2 cm³/mol. The van der Waals surface area contributed by atoms with E-state index in [1.54, 1.807) is 12.4 Å². The highest BCUT2D eigenvalue weighted by atomic mass is 79.9. The summed E-state index contributed by atoms with van der Waals surface area (Å²) in [5, 5.41) is 13.7. The first-order valence-corrected chi connectivity index (χ1v) is 7.02. The lowest BCUT2D eigenvalue weighted by atomic mass is 10.1. The molecule has 0 bridgehead atoms. The zero-order chi connectivity index (χ0) is 14.3. The van der Waals surface area contributed by atoms with Crippen LogP contribution in [0.1, 0.15) is 12.6 Å². The largest absolute Gasteiger partial charge is 0.465 e. The summed E-state index contributed by atoms with van der Waals surface area (Å²) in [6.45, 7) is 2.79. The maximum Gasteiger partial charge on any atom is 0.407 e. The summed E-state index contributed by atoms with van der Waals surface area (Å²) in [6, 6.07) is 3.70. The second-order valence-corrected chi connectivity index (χ2v) is 5.54. The molecule has 0 aromatic carbocycles. The van der Waals surface area contributed by atoms with Crippen LogP contribution in [0, 0.1) is 0 Å². The molecule has 104 valence electrons. The highest BCUT2D eigenvalue weighted by molar-refractivity contribution is 9.10. The van der Waals surface area contributed by atoms with Crippen LogP contribution in [0.15, 0.2) is 29.1 Å². The van der Waals surface area contributed by atoms with Crippen LogP contribution >= 0.6 is 15.9 Å². The SMILES string of the molecule is C[C@@H]1Cn2nc(Br)c(-c3ccncc3)c2CN1C(=O)O. The molecular formula is C13H13BrN4O2. The van der Waals surface area contributed by atoms with Gasteiger partial charge in [-0.05, 0) is 40.5 Å². The Bertz CT molecular complexity index is 656. The molecule has 0 saturated heterocycles. The van der Waals surface area contributed by atoms with Gasteiger partial charge in [0.25, 0.3) is 0 Å². The minimum Gasteiger partial charge on any atom is -0.465 e. The number of aromatic nitrogens is 3. The quantitative estimate of drug-likeness (QED) is 0.868. The second kappa shape index (κ2) is 4.90. The van der Waals surface area contributed by atoms with E-state index in [4.69, 9.17) is 0 Å². The van der Waals surface area contributed by atoms with Crippen LogP contribution < -0.4 is 0 Å². The molecule has 0 unspecified atom stereocenters. The van der Waals surface area contributed by atoms with Gasteiger partial charge < -0.3 is 5.11 Å². The third-order valence-electron chi connectivity index (χ3n) is 3.52. The lowest BCUT2D eigenvalue weighted by Crippen LogP contribution is -2.44. The molecule has 1 atom stereocenters. The van der Waals surface area contributed by atoms with Gasteiger partial charge in [0.1, 0.15) is 4.60 Å². The van der Waals surface area contributed by atoms with Gasteiger partial charge in [-0.3, -0.25) is 14.6 Å². The number of nitrogens with zero attached hydrogens (tertiary/aromatic N) is 4. The first-order chi connectivity index (χ1) is 9.58. The average molecular weight is 337 g/mol. The number of halogens is 1. The predicted octanol–water partition coefficient (Wildman–Crippen LogP) is 2.59. The molecule has 6 nitrogen and oxygen atoms in total. The van der Waals surface area contributed by atoms with Crippen molar-refractivity contribution in [3.8, 4) is 11.1 Å². The molecule has 7 heteroatoms. The molecule has 1 aliphatic heterocycles. The van der Waals surface area contributed by atoms with Gasteiger partial charge in [-0.15, -0.1) is 0 Å². The Morgan fingerprint density at radius 1 is 1.45 bits per heavy atom. The van der Waals surface area contributed by atoms with E-state index in [1.807, 2.05) is 23.7 Å². The lowest BCUT2D eigenvalue weighted by Gasteiger charge is -2.32. The number of hydrogen-bond acceptors (Lipinski definition) is 3. The molecule has 2 aromatic heterocycles. The molecule has 1 N–H and O–H groups in total. The number of carbonyl (C=O) groups is 1. The van der Waals surface area contributed by atoms with Crippen LogP contribution in [0.25, 0.3) is 11.1 Å². The fourth-order valence-corrected chi connectivity index (χ4v) is 3.15. The number of rotatable bonds is 1. The third-order valence-corrected chi connectivity index (χ3v) is 4.07. The summed E-state index contributed by atoms with van der Waals surface area (Å²) < 4.78 is 2.61. The molecule has 0 aliphatic carbocycles. The topological polar surface area (TPSA) is 71.2 Å². The smallest absolute Gasteiger partial charge is 0.407 e. The molecule has 3 rings (SSSR count). The van der Waals surface area contributed by atoms with E-state index >= 15 is 0 Å². The van der Waals surface area contributed by atoms with Crippen molar-refractivity contribution < 1.29 is 9.90 Å². The van der Waals surface area contributed by atoms with Gasteiger partial charge in [-0.25, -0.2) is 4.79 Å². The highest BCUT2D eigenvalue weighted by Gasteiger charge is 2.30. The Morgan fingerprint density at radius 2 is 2.15 bits per heavy atom. The van der Waals surface area contributed by atoms with Gasteiger partial charge in [0.15, 0.2) is 0 Å². The van der Waals surface area contributed by atoms with Crippen molar-refractivity contribution in [3.05, 3.63) is 34.8 Å². The van der Waals surface area contributed by atoms with Crippen LogP contribution in [0.5, 0.6) is 0 Å². The maximum absolute atomic E-state index is 11.3. The van der Waals surface area contributed by atoms with Gasteiger partial charge in [-0.1, -0.05) is 0 Å². The zero-order valence-electron chi connectivity index (χ0n) is 10.8. The summed E-state index contributed by atoms with van der Waals surface area (Å²) in [4.78, 5) is 16.7. The van der Waals surface area contributed by atoms with E-state index in [0.717, 1.165) is 21.4 Å². The van der Waals surface area contributed by atoms with Crippen molar-refractivity contribution in [1.82, 2.24) is 19.7 Å². The highest BCUT2D eigenvalue weighted by Crippen LogP contribution is 2.34.